The Morgan fingerprint density at radius 3 is 2.27 bits per heavy atom. The van der Waals surface area contributed by atoms with Crippen LogP contribution in [0.15, 0.2) is 42.5 Å². The molecule has 2 heteroatoms. The second kappa shape index (κ2) is 6.44. The average Bonchev–Trinajstić information content (AvgIpc) is 2.18. The van der Waals surface area contributed by atoms with Gasteiger partial charge in [0.05, 0.1) is 0 Å². The van der Waals surface area contributed by atoms with Gasteiger partial charge in [0.25, 0.3) is 0 Å². The first-order valence-corrected chi connectivity index (χ1v) is 4.88. The van der Waals surface area contributed by atoms with Gasteiger partial charge in [0, 0.05) is 0 Å². The Hall–Kier alpha value is -1.05. The molecule has 0 aromatic heterocycles. The van der Waals surface area contributed by atoms with Gasteiger partial charge in [0.1, 0.15) is 0 Å². The predicted octanol–water partition coefficient (Wildman–Crippen LogP) is 4.38. The van der Waals surface area contributed by atoms with Crippen molar-refractivity contribution in [3.05, 3.63) is 48.0 Å². The molecule has 0 aliphatic heterocycles. The lowest BCUT2D eigenvalue weighted by molar-refractivity contribution is 0.924. The normalized spacial score (nSPS) is 9.13. The lowest BCUT2D eigenvalue weighted by Crippen LogP contribution is -1.82. The average molecular weight is 224 g/mol. The molecule has 1 nitrogen and oxygen atoms in total. The third-order valence-electron chi connectivity index (χ3n) is 2.35. The topological polar surface area (TPSA) is 35.0 Å². The van der Waals surface area contributed by atoms with Crippen LogP contribution in [0.1, 0.15) is 18.9 Å². The van der Waals surface area contributed by atoms with Gasteiger partial charge in [-0.15, -0.1) is 12.4 Å². The fraction of sp³-hybridized carbons (Fsp3) is 0.231. The molecule has 15 heavy (non-hydrogen) atoms. The molecule has 0 amide bonds. The highest BCUT2D eigenvalue weighted by molar-refractivity contribution is 5.85. The van der Waals surface area contributed by atoms with Crippen molar-refractivity contribution in [1.82, 2.24) is 6.15 Å². The highest BCUT2D eigenvalue weighted by atomic mass is 35.5. The molecule has 0 saturated heterocycles. The zero-order chi connectivity index (χ0) is 9.10. The molecule has 2 aromatic carbocycles. The van der Waals surface area contributed by atoms with E-state index in [4.69, 9.17) is 0 Å². The van der Waals surface area contributed by atoms with Gasteiger partial charge in [-0.1, -0.05) is 55.8 Å². The minimum absolute atomic E-state index is 0. The third-order valence-corrected chi connectivity index (χ3v) is 2.35. The van der Waals surface area contributed by atoms with E-state index in [9.17, 15) is 0 Å². The van der Waals surface area contributed by atoms with Crippen molar-refractivity contribution >= 4 is 23.2 Å². The van der Waals surface area contributed by atoms with Crippen LogP contribution < -0.4 is 6.15 Å². The lowest BCUT2D eigenvalue weighted by atomic mass is 10.0. The molecular weight excluding hydrogens is 206 g/mol. The van der Waals surface area contributed by atoms with Crippen LogP contribution in [0.3, 0.4) is 0 Å². The second-order valence-corrected chi connectivity index (χ2v) is 3.43. The molecule has 0 radical (unpaired) electrons. The van der Waals surface area contributed by atoms with Gasteiger partial charge < -0.3 is 6.15 Å². The molecule has 2 rings (SSSR count). The summed E-state index contributed by atoms with van der Waals surface area (Å²) >= 11 is 0. The summed E-state index contributed by atoms with van der Waals surface area (Å²) in [5, 5.41) is 2.69. The number of halogens is 1. The zero-order valence-electron chi connectivity index (χ0n) is 9.07. The molecule has 0 saturated carbocycles. The van der Waals surface area contributed by atoms with Crippen LogP contribution in [-0.4, -0.2) is 0 Å². The summed E-state index contributed by atoms with van der Waals surface area (Å²) in [6, 6.07) is 15.2. The number of hydrogen-bond donors (Lipinski definition) is 1. The van der Waals surface area contributed by atoms with Crippen molar-refractivity contribution in [1.29, 1.82) is 0 Å². The van der Waals surface area contributed by atoms with Crippen molar-refractivity contribution in [2.45, 2.75) is 19.8 Å². The Kier molecular flexibility index (Phi) is 5.99. The maximum atomic E-state index is 2.29. The molecule has 0 spiro atoms. The van der Waals surface area contributed by atoms with E-state index in [-0.39, 0.29) is 18.6 Å². The van der Waals surface area contributed by atoms with Crippen LogP contribution in [0.5, 0.6) is 0 Å². The fourth-order valence-corrected chi connectivity index (χ4v) is 1.68. The zero-order valence-corrected chi connectivity index (χ0v) is 9.89. The highest BCUT2D eigenvalue weighted by Gasteiger charge is 1.93. The summed E-state index contributed by atoms with van der Waals surface area (Å²) in [5.74, 6) is 0. The first-order valence-electron chi connectivity index (χ1n) is 4.88. The van der Waals surface area contributed by atoms with Gasteiger partial charge in [0.15, 0.2) is 0 Å². The van der Waals surface area contributed by atoms with Gasteiger partial charge >= 0.3 is 0 Å². The van der Waals surface area contributed by atoms with Gasteiger partial charge in [-0.3, -0.25) is 0 Å². The van der Waals surface area contributed by atoms with E-state index in [1.807, 2.05) is 0 Å². The van der Waals surface area contributed by atoms with Crippen molar-refractivity contribution in [3.63, 3.8) is 0 Å². The van der Waals surface area contributed by atoms with Crippen molar-refractivity contribution in [2.24, 2.45) is 0 Å². The highest BCUT2D eigenvalue weighted by Crippen LogP contribution is 2.16. The number of aryl methyl sites for hydroxylation is 1. The number of hydrogen-bond acceptors (Lipinski definition) is 1. The van der Waals surface area contributed by atoms with Crippen LogP contribution in [0.25, 0.3) is 10.8 Å². The Bertz CT molecular complexity index is 412. The predicted molar refractivity (Wildman–Crippen MR) is 70.2 cm³/mol. The SMILES string of the molecule is CCCc1ccc2ccccc2c1.Cl.N. The van der Waals surface area contributed by atoms with Crippen LogP contribution in [0.2, 0.25) is 0 Å². The molecule has 0 heterocycles. The largest absolute Gasteiger partial charge is 0.344 e. The molecule has 0 atom stereocenters. The molecule has 0 unspecified atom stereocenters. The standard InChI is InChI=1S/C13H14.ClH.H3N/c1-2-5-11-8-9-12-6-3-4-7-13(12)10-11;;/h3-4,6-10H,2,5H2,1H3;1H;1H3. The maximum Gasteiger partial charge on any atom is -0.0181 e. The van der Waals surface area contributed by atoms with Gasteiger partial charge in [-0.05, 0) is 22.8 Å². The number of rotatable bonds is 2. The Balaban J connectivity index is 0.000000980. The van der Waals surface area contributed by atoms with Crippen molar-refractivity contribution in [3.8, 4) is 0 Å². The third kappa shape index (κ3) is 3.22. The van der Waals surface area contributed by atoms with Gasteiger partial charge in [-0.25, -0.2) is 0 Å². The number of benzene rings is 2. The second-order valence-electron chi connectivity index (χ2n) is 3.43. The van der Waals surface area contributed by atoms with Crippen molar-refractivity contribution in [2.75, 3.05) is 0 Å². The van der Waals surface area contributed by atoms with Crippen LogP contribution >= 0.6 is 12.4 Å². The molecule has 3 N–H and O–H groups in total. The number of fused-ring (bicyclic) bond motifs is 1. The summed E-state index contributed by atoms with van der Waals surface area (Å²) in [6.45, 7) is 2.22. The van der Waals surface area contributed by atoms with Crippen LogP contribution in [0, 0.1) is 0 Å². The van der Waals surface area contributed by atoms with Gasteiger partial charge in [0.2, 0.25) is 0 Å². The van der Waals surface area contributed by atoms with E-state index in [2.05, 4.69) is 49.4 Å². The Labute approximate surface area is 97.5 Å². The van der Waals surface area contributed by atoms with E-state index in [0.717, 1.165) is 0 Å². The first-order chi connectivity index (χ1) is 6.40. The fourth-order valence-electron chi connectivity index (χ4n) is 1.68. The minimum atomic E-state index is 0. The van der Waals surface area contributed by atoms with Gasteiger partial charge in [-0.2, -0.15) is 0 Å². The first kappa shape index (κ1) is 13.9. The Morgan fingerprint density at radius 2 is 1.60 bits per heavy atom. The van der Waals surface area contributed by atoms with E-state index < -0.39 is 0 Å². The van der Waals surface area contributed by atoms with E-state index in [0.29, 0.717) is 0 Å². The van der Waals surface area contributed by atoms with Crippen molar-refractivity contribution < 1.29 is 0 Å². The molecular formula is C13H18ClN. The Morgan fingerprint density at radius 1 is 0.933 bits per heavy atom. The van der Waals surface area contributed by atoms with E-state index in [1.165, 1.54) is 29.2 Å². The summed E-state index contributed by atoms with van der Waals surface area (Å²) in [4.78, 5) is 0. The minimum Gasteiger partial charge on any atom is -0.344 e. The molecule has 0 aliphatic carbocycles. The molecule has 82 valence electrons. The molecule has 0 aliphatic rings. The summed E-state index contributed by atoms with van der Waals surface area (Å²) in [5.41, 5.74) is 1.45. The lowest BCUT2D eigenvalue weighted by Gasteiger charge is -2.01. The molecule has 2 aromatic rings. The molecule has 0 fully saturated rings. The molecule has 0 bridgehead atoms. The van der Waals surface area contributed by atoms with Crippen LogP contribution in [-0.2, 0) is 6.42 Å². The quantitative estimate of drug-likeness (QED) is 0.806. The van der Waals surface area contributed by atoms with Crippen LogP contribution in [0.4, 0.5) is 0 Å². The summed E-state index contributed by atoms with van der Waals surface area (Å²) in [6.07, 6.45) is 2.41. The summed E-state index contributed by atoms with van der Waals surface area (Å²) < 4.78 is 0. The smallest absolute Gasteiger partial charge is 0.0181 e. The maximum absolute atomic E-state index is 2.29. The monoisotopic (exact) mass is 223 g/mol. The van der Waals surface area contributed by atoms with E-state index >= 15 is 0 Å². The summed E-state index contributed by atoms with van der Waals surface area (Å²) in [7, 11) is 0. The van der Waals surface area contributed by atoms with E-state index in [1.54, 1.807) is 0 Å².